The lowest BCUT2D eigenvalue weighted by Gasteiger charge is -2.10. The van der Waals surface area contributed by atoms with Gasteiger partial charge in [-0.05, 0) is 30.0 Å². The van der Waals surface area contributed by atoms with Crippen molar-refractivity contribution in [1.82, 2.24) is 4.90 Å². The Morgan fingerprint density at radius 3 is 2.68 bits per heavy atom. The number of thioether (sulfide) groups is 2. The van der Waals surface area contributed by atoms with Crippen molar-refractivity contribution in [2.24, 2.45) is 0 Å². The molecule has 1 saturated heterocycles. The van der Waals surface area contributed by atoms with Gasteiger partial charge in [0.05, 0.1) is 4.91 Å². The first-order valence-corrected chi connectivity index (χ1v) is 8.11. The molecule has 1 amide bonds. The predicted molar refractivity (Wildman–Crippen MR) is 88.3 cm³/mol. The highest BCUT2D eigenvalue weighted by Crippen LogP contribution is 2.32. The van der Waals surface area contributed by atoms with Crippen LogP contribution < -0.4 is 0 Å². The summed E-state index contributed by atoms with van der Waals surface area (Å²) < 4.78 is 0.594. The second kappa shape index (κ2) is 6.41. The summed E-state index contributed by atoms with van der Waals surface area (Å²) in [5, 5.41) is 0. The van der Waals surface area contributed by atoms with Crippen LogP contribution in [0.1, 0.15) is 5.56 Å². The van der Waals surface area contributed by atoms with Gasteiger partial charge in [-0.3, -0.25) is 9.69 Å². The number of benzene rings is 1. The Labute approximate surface area is 126 Å². The molecule has 0 radical (unpaired) electrons. The van der Waals surface area contributed by atoms with Crippen molar-refractivity contribution in [2.45, 2.75) is 4.90 Å². The van der Waals surface area contributed by atoms with Gasteiger partial charge >= 0.3 is 0 Å². The molecule has 1 aliphatic rings. The molecule has 0 saturated carbocycles. The second-order valence-electron chi connectivity index (χ2n) is 3.85. The number of hydrogen-bond donors (Lipinski definition) is 0. The van der Waals surface area contributed by atoms with Crippen molar-refractivity contribution in [3.8, 4) is 0 Å². The van der Waals surface area contributed by atoms with E-state index in [4.69, 9.17) is 12.2 Å². The average molecular weight is 307 g/mol. The Morgan fingerprint density at radius 1 is 1.42 bits per heavy atom. The summed E-state index contributed by atoms with van der Waals surface area (Å²) in [6, 6.07) is 8.10. The van der Waals surface area contributed by atoms with E-state index in [9.17, 15) is 4.79 Å². The van der Waals surface area contributed by atoms with Gasteiger partial charge in [0.25, 0.3) is 5.91 Å². The van der Waals surface area contributed by atoms with Crippen molar-refractivity contribution >= 4 is 52.0 Å². The van der Waals surface area contributed by atoms with Crippen LogP contribution in [0.25, 0.3) is 6.08 Å². The minimum Gasteiger partial charge on any atom is -0.289 e. The van der Waals surface area contributed by atoms with E-state index in [2.05, 4.69) is 6.58 Å². The molecule has 0 N–H and O–H groups in total. The smallest absolute Gasteiger partial charge is 0.266 e. The van der Waals surface area contributed by atoms with E-state index < -0.39 is 0 Å². The van der Waals surface area contributed by atoms with Gasteiger partial charge in [-0.15, -0.1) is 18.3 Å². The molecule has 1 aliphatic heterocycles. The Hall–Kier alpha value is -1.04. The van der Waals surface area contributed by atoms with Crippen molar-refractivity contribution in [1.29, 1.82) is 0 Å². The van der Waals surface area contributed by atoms with Crippen molar-refractivity contribution in [3.05, 3.63) is 47.4 Å². The molecule has 0 aromatic heterocycles. The SMILES string of the molecule is C=CCN1C(=O)/C(=C/c2ccc(SC)cc2)SC1=S. The Kier molecular flexibility index (Phi) is 4.85. The Balaban J connectivity index is 2.21. The van der Waals surface area contributed by atoms with E-state index in [0.29, 0.717) is 15.8 Å². The lowest BCUT2D eigenvalue weighted by Crippen LogP contribution is -2.27. The highest BCUT2D eigenvalue weighted by molar-refractivity contribution is 8.26. The van der Waals surface area contributed by atoms with Crippen LogP contribution in [0.15, 0.2) is 46.7 Å². The van der Waals surface area contributed by atoms with E-state index in [1.165, 1.54) is 16.7 Å². The number of amides is 1. The number of thiocarbonyl (C=S) groups is 1. The summed E-state index contributed by atoms with van der Waals surface area (Å²) >= 11 is 8.23. The number of carbonyl (C=O) groups excluding carboxylic acids is 1. The van der Waals surface area contributed by atoms with Crippen molar-refractivity contribution < 1.29 is 4.79 Å². The maximum Gasteiger partial charge on any atom is 0.266 e. The first-order chi connectivity index (χ1) is 9.15. The van der Waals surface area contributed by atoms with E-state index in [-0.39, 0.29) is 5.91 Å². The first-order valence-electron chi connectivity index (χ1n) is 5.66. The topological polar surface area (TPSA) is 20.3 Å². The van der Waals surface area contributed by atoms with Crippen molar-refractivity contribution in [2.75, 3.05) is 12.8 Å². The molecule has 98 valence electrons. The van der Waals surface area contributed by atoms with Crippen LogP contribution in [0.4, 0.5) is 0 Å². The van der Waals surface area contributed by atoms with E-state index >= 15 is 0 Å². The molecule has 1 fully saturated rings. The fraction of sp³-hybridized carbons (Fsp3) is 0.143. The van der Waals surface area contributed by atoms with Crippen LogP contribution in [0, 0.1) is 0 Å². The minimum absolute atomic E-state index is 0.0381. The lowest BCUT2D eigenvalue weighted by molar-refractivity contribution is -0.121. The van der Waals surface area contributed by atoms with Crippen LogP contribution in [0.5, 0.6) is 0 Å². The quantitative estimate of drug-likeness (QED) is 0.365. The van der Waals surface area contributed by atoms with Gasteiger partial charge in [-0.25, -0.2) is 0 Å². The van der Waals surface area contributed by atoms with Gasteiger partial charge in [0.2, 0.25) is 0 Å². The van der Waals surface area contributed by atoms with Crippen LogP contribution in [0.3, 0.4) is 0 Å². The van der Waals surface area contributed by atoms with E-state index in [0.717, 1.165) is 5.56 Å². The number of rotatable bonds is 4. The highest BCUT2D eigenvalue weighted by atomic mass is 32.2. The summed E-state index contributed by atoms with van der Waals surface area (Å²) in [5.41, 5.74) is 1.01. The Morgan fingerprint density at radius 2 is 2.11 bits per heavy atom. The normalized spacial score (nSPS) is 17.3. The zero-order chi connectivity index (χ0) is 13.8. The maximum atomic E-state index is 12.1. The van der Waals surface area contributed by atoms with Crippen LogP contribution in [-0.2, 0) is 4.79 Å². The fourth-order valence-corrected chi connectivity index (χ4v) is 3.32. The zero-order valence-corrected chi connectivity index (χ0v) is 12.9. The highest BCUT2D eigenvalue weighted by Gasteiger charge is 2.30. The summed E-state index contributed by atoms with van der Waals surface area (Å²) in [6.45, 7) is 4.10. The molecule has 5 heteroatoms. The fourth-order valence-electron chi connectivity index (χ4n) is 1.64. The molecule has 0 atom stereocenters. The lowest BCUT2D eigenvalue weighted by atomic mass is 10.2. The van der Waals surface area contributed by atoms with Crippen molar-refractivity contribution in [3.63, 3.8) is 0 Å². The van der Waals surface area contributed by atoms with Crippen LogP contribution in [-0.4, -0.2) is 27.9 Å². The van der Waals surface area contributed by atoms with Crippen LogP contribution in [0.2, 0.25) is 0 Å². The standard InChI is InChI=1S/C14H13NOS3/c1-3-8-15-13(16)12(19-14(15)17)9-10-4-6-11(18-2)7-5-10/h3-7,9H,1,8H2,2H3/b12-9-. The summed E-state index contributed by atoms with van der Waals surface area (Å²) in [7, 11) is 0. The molecule has 1 aromatic carbocycles. The predicted octanol–water partition coefficient (Wildman–Crippen LogP) is 3.80. The first kappa shape index (κ1) is 14.4. The molecular formula is C14H13NOS3. The summed E-state index contributed by atoms with van der Waals surface area (Å²) in [6.07, 6.45) is 5.60. The van der Waals surface area contributed by atoms with E-state index in [1.54, 1.807) is 22.7 Å². The zero-order valence-electron chi connectivity index (χ0n) is 10.5. The van der Waals surface area contributed by atoms with Gasteiger partial charge in [0.15, 0.2) is 0 Å². The summed E-state index contributed by atoms with van der Waals surface area (Å²) in [4.78, 5) is 15.6. The number of hydrogen-bond acceptors (Lipinski definition) is 4. The third-order valence-corrected chi connectivity index (χ3v) is 4.72. The third-order valence-electron chi connectivity index (χ3n) is 2.60. The molecule has 0 aliphatic carbocycles. The van der Waals surface area contributed by atoms with Crippen LogP contribution >= 0.6 is 35.7 Å². The number of carbonyl (C=O) groups is 1. The molecule has 19 heavy (non-hydrogen) atoms. The molecule has 2 rings (SSSR count). The molecule has 1 heterocycles. The molecular weight excluding hydrogens is 294 g/mol. The monoisotopic (exact) mass is 307 g/mol. The molecule has 0 bridgehead atoms. The Bertz CT molecular complexity index is 548. The summed E-state index contributed by atoms with van der Waals surface area (Å²) in [5.74, 6) is -0.0381. The molecule has 0 spiro atoms. The van der Waals surface area contributed by atoms with E-state index in [1.807, 2.05) is 36.6 Å². The van der Waals surface area contributed by atoms with Gasteiger partial charge in [-0.1, -0.05) is 42.2 Å². The van der Waals surface area contributed by atoms with Gasteiger partial charge in [-0.2, -0.15) is 0 Å². The molecule has 2 nitrogen and oxygen atoms in total. The molecule has 1 aromatic rings. The largest absolute Gasteiger partial charge is 0.289 e. The average Bonchev–Trinajstić information content (AvgIpc) is 2.68. The van der Waals surface area contributed by atoms with Gasteiger partial charge in [0, 0.05) is 11.4 Å². The second-order valence-corrected chi connectivity index (χ2v) is 6.41. The van der Waals surface area contributed by atoms with Gasteiger partial charge < -0.3 is 0 Å². The maximum absolute atomic E-state index is 12.1. The number of nitrogens with zero attached hydrogens (tertiary/aromatic N) is 1. The third kappa shape index (κ3) is 3.29. The molecule has 0 unspecified atom stereocenters. The van der Waals surface area contributed by atoms with Gasteiger partial charge in [0.1, 0.15) is 4.32 Å². The minimum atomic E-state index is -0.0381.